The molecule has 0 saturated carbocycles. The van der Waals surface area contributed by atoms with Crippen molar-refractivity contribution in [2.75, 3.05) is 43.0 Å². The molecule has 8 nitrogen and oxygen atoms in total. The third-order valence-electron chi connectivity index (χ3n) is 5.23. The van der Waals surface area contributed by atoms with Crippen LogP contribution in [0.3, 0.4) is 0 Å². The maximum absolute atomic E-state index is 12.7. The smallest absolute Gasteiger partial charge is 0.253 e. The van der Waals surface area contributed by atoms with E-state index in [-0.39, 0.29) is 24.4 Å². The summed E-state index contributed by atoms with van der Waals surface area (Å²) >= 11 is 1.87. The summed E-state index contributed by atoms with van der Waals surface area (Å²) in [5.41, 5.74) is 1.24. The number of nitrogens with one attached hydrogen (secondary N) is 1. The molecule has 2 fully saturated rings. The van der Waals surface area contributed by atoms with Gasteiger partial charge in [-0.1, -0.05) is 11.2 Å². The van der Waals surface area contributed by atoms with E-state index < -0.39 is 0 Å². The lowest BCUT2D eigenvalue weighted by atomic mass is 10.1. The van der Waals surface area contributed by atoms with Gasteiger partial charge >= 0.3 is 0 Å². The SMILES string of the molecule is Cc1noc(C2CCCN2CC(=O)Nc2cccc(C(=O)N3CCSCC3)c2)n1. The molecule has 2 saturated heterocycles. The number of aryl methyl sites for hydroxylation is 1. The van der Waals surface area contributed by atoms with Crippen molar-refractivity contribution in [3.63, 3.8) is 0 Å². The molecule has 1 aromatic carbocycles. The molecule has 1 atom stereocenters. The van der Waals surface area contributed by atoms with Crippen LogP contribution >= 0.6 is 11.8 Å². The summed E-state index contributed by atoms with van der Waals surface area (Å²) in [4.78, 5) is 33.6. The van der Waals surface area contributed by atoms with Crippen molar-refractivity contribution in [3.05, 3.63) is 41.5 Å². The highest BCUT2D eigenvalue weighted by molar-refractivity contribution is 7.99. The van der Waals surface area contributed by atoms with Gasteiger partial charge in [-0.25, -0.2) is 0 Å². The van der Waals surface area contributed by atoms with E-state index in [1.54, 1.807) is 25.1 Å². The Labute approximate surface area is 174 Å². The molecular formula is C20H25N5O3S. The van der Waals surface area contributed by atoms with Gasteiger partial charge < -0.3 is 14.7 Å². The van der Waals surface area contributed by atoms with Gasteiger partial charge in [0.25, 0.3) is 5.91 Å². The lowest BCUT2D eigenvalue weighted by Gasteiger charge is -2.26. The number of likely N-dealkylation sites (tertiary alicyclic amines) is 1. The molecule has 3 heterocycles. The second-order valence-electron chi connectivity index (χ2n) is 7.34. The third-order valence-corrected chi connectivity index (χ3v) is 6.17. The van der Waals surface area contributed by atoms with Gasteiger partial charge in [-0.2, -0.15) is 16.7 Å². The number of aromatic nitrogens is 2. The molecule has 1 unspecified atom stereocenters. The second kappa shape index (κ2) is 8.96. The maximum Gasteiger partial charge on any atom is 0.253 e. The minimum Gasteiger partial charge on any atom is -0.338 e. The van der Waals surface area contributed by atoms with Crippen molar-refractivity contribution in [1.82, 2.24) is 19.9 Å². The average molecular weight is 416 g/mol. The summed E-state index contributed by atoms with van der Waals surface area (Å²) in [6.07, 6.45) is 1.88. The fraction of sp³-hybridized carbons (Fsp3) is 0.500. The van der Waals surface area contributed by atoms with Crippen LogP contribution in [0.25, 0.3) is 0 Å². The first-order valence-electron chi connectivity index (χ1n) is 9.91. The van der Waals surface area contributed by atoms with Gasteiger partial charge in [-0.3, -0.25) is 14.5 Å². The summed E-state index contributed by atoms with van der Waals surface area (Å²) in [5.74, 6) is 3.02. The second-order valence-corrected chi connectivity index (χ2v) is 8.57. The number of amides is 2. The third kappa shape index (κ3) is 4.79. The molecule has 2 aliphatic heterocycles. The monoisotopic (exact) mass is 415 g/mol. The largest absolute Gasteiger partial charge is 0.338 e. The highest BCUT2D eigenvalue weighted by atomic mass is 32.2. The molecule has 154 valence electrons. The average Bonchev–Trinajstić information content (AvgIpc) is 3.36. The minimum absolute atomic E-state index is 0.0211. The summed E-state index contributed by atoms with van der Waals surface area (Å²) < 4.78 is 5.30. The number of rotatable bonds is 5. The first-order valence-corrected chi connectivity index (χ1v) is 11.1. The van der Waals surface area contributed by atoms with Crippen LogP contribution in [-0.4, -0.2) is 69.4 Å². The summed E-state index contributed by atoms with van der Waals surface area (Å²) in [5, 5.41) is 6.78. The van der Waals surface area contributed by atoms with E-state index >= 15 is 0 Å². The summed E-state index contributed by atoms with van der Waals surface area (Å²) in [7, 11) is 0. The molecule has 4 rings (SSSR count). The fourth-order valence-electron chi connectivity index (χ4n) is 3.81. The van der Waals surface area contributed by atoms with Crippen molar-refractivity contribution in [2.45, 2.75) is 25.8 Å². The number of carbonyl (C=O) groups excluding carboxylic acids is 2. The van der Waals surface area contributed by atoms with Crippen molar-refractivity contribution < 1.29 is 14.1 Å². The minimum atomic E-state index is -0.118. The highest BCUT2D eigenvalue weighted by Crippen LogP contribution is 2.30. The standard InChI is InChI=1S/C20H25N5O3S/c1-14-21-19(28-23-14)17-6-3-7-25(17)13-18(26)22-16-5-2-4-15(12-16)20(27)24-8-10-29-11-9-24/h2,4-5,12,17H,3,6-11,13H2,1H3,(H,22,26). The molecule has 0 bridgehead atoms. The molecule has 2 aliphatic rings. The molecule has 1 N–H and O–H groups in total. The van der Waals surface area contributed by atoms with Crippen LogP contribution in [0.2, 0.25) is 0 Å². The van der Waals surface area contributed by atoms with E-state index in [0.29, 0.717) is 23.0 Å². The number of benzene rings is 1. The summed E-state index contributed by atoms with van der Waals surface area (Å²) in [6, 6.07) is 7.15. The Kier molecular flexibility index (Phi) is 6.15. The Morgan fingerprint density at radius 1 is 1.28 bits per heavy atom. The van der Waals surface area contributed by atoms with E-state index in [0.717, 1.165) is 44.0 Å². The molecule has 9 heteroatoms. The molecule has 0 aliphatic carbocycles. The quantitative estimate of drug-likeness (QED) is 0.801. The molecule has 2 amide bonds. The van der Waals surface area contributed by atoms with Crippen LogP contribution < -0.4 is 5.32 Å². The van der Waals surface area contributed by atoms with Crippen LogP contribution in [-0.2, 0) is 4.79 Å². The van der Waals surface area contributed by atoms with Gasteiger partial charge in [-0.05, 0) is 44.5 Å². The molecule has 0 radical (unpaired) electrons. The van der Waals surface area contributed by atoms with Gasteiger partial charge in [0.05, 0.1) is 12.6 Å². The van der Waals surface area contributed by atoms with E-state index in [4.69, 9.17) is 4.52 Å². The summed E-state index contributed by atoms with van der Waals surface area (Å²) in [6.45, 7) is 4.38. The van der Waals surface area contributed by atoms with Crippen LogP contribution in [0.1, 0.15) is 41.0 Å². The van der Waals surface area contributed by atoms with Gasteiger partial charge in [0.15, 0.2) is 5.82 Å². The number of nitrogens with zero attached hydrogens (tertiary/aromatic N) is 4. The van der Waals surface area contributed by atoms with Crippen molar-refractivity contribution >= 4 is 29.3 Å². The zero-order valence-electron chi connectivity index (χ0n) is 16.5. The number of anilines is 1. The number of hydrogen-bond donors (Lipinski definition) is 1. The number of carbonyl (C=O) groups is 2. The molecule has 29 heavy (non-hydrogen) atoms. The Morgan fingerprint density at radius 3 is 2.86 bits per heavy atom. The van der Waals surface area contributed by atoms with E-state index in [1.165, 1.54) is 0 Å². The van der Waals surface area contributed by atoms with E-state index in [9.17, 15) is 9.59 Å². The first kappa shape index (κ1) is 19.9. The predicted octanol–water partition coefficient (Wildman–Crippen LogP) is 2.34. The number of thioether (sulfide) groups is 1. The van der Waals surface area contributed by atoms with Crippen LogP contribution in [0, 0.1) is 6.92 Å². The molecule has 2 aromatic rings. The topological polar surface area (TPSA) is 91.6 Å². The lowest BCUT2D eigenvalue weighted by molar-refractivity contribution is -0.117. The normalized spacial score (nSPS) is 20.0. The first-order chi connectivity index (χ1) is 14.1. The van der Waals surface area contributed by atoms with Crippen molar-refractivity contribution in [3.8, 4) is 0 Å². The Morgan fingerprint density at radius 2 is 2.10 bits per heavy atom. The van der Waals surface area contributed by atoms with Gasteiger partial charge in [0, 0.05) is 35.8 Å². The van der Waals surface area contributed by atoms with Crippen LogP contribution in [0.15, 0.2) is 28.8 Å². The van der Waals surface area contributed by atoms with Gasteiger partial charge in [0.2, 0.25) is 11.8 Å². The van der Waals surface area contributed by atoms with Gasteiger partial charge in [-0.15, -0.1) is 0 Å². The predicted molar refractivity (Wildman–Crippen MR) is 111 cm³/mol. The maximum atomic E-state index is 12.7. The zero-order chi connectivity index (χ0) is 20.2. The van der Waals surface area contributed by atoms with E-state index in [2.05, 4.69) is 20.4 Å². The lowest BCUT2D eigenvalue weighted by Crippen LogP contribution is -2.38. The Bertz CT molecular complexity index is 881. The Balaban J connectivity index is 1.37. The number of hydrogen-bond acceptors (Lipinski definition) is 7. The molecule has 1 aromatic heterocycles. The van der Waals surface area contributed by atoms with Gasteiger partial charge in [0.1, 0.15) is 0 Å². The fourth-order valence-corrected chi connectivity index (χ4v) is 4.71. The van der Waals surface area contributed by atoms with Crippen LogP contribution in [0.4, 0.5) is 5.69 Å². The zero-order valence-corrected chi connectivity index (χ0v) is 17.3. The van der Waals surface area contributed by atoms with Crippen molar-refractivity contribution in [1.29, 1.82) is 0 Å². The van der Waals surface area contributed by atoms with E-state index in [1.807, 2.05) is 22.7 Å². The highest BCUT2D eigenvalue weighted by Gasteiger charge is 2.31. The van der Waals surface area contributed by atoms with Crippen molar-refractivity contribution in [2.24, 2.45) is 0 Å². The van der Waals surface area contributed by atoms with Crippen LogP contribution in [0.5, 0.6) is 0 Å². The molecule has 0 spiro atoms. The Hall–Kier alpha value is -2.39. The molecular weight excluding hydrogens is 390 g/mol.